The first kappa shape index (κ1) is 17.6. The summed E-state index contributed by atoms with van der Waals surface area (Å²) in [6, 6.07) is 13.6. The molecule has 0 radical (unpaired) electrons. The Morgan fingerprint density at radius 2 is 1.96 bits per heavy atom. The zero-order valence-corrected chi connectivity index (χ0v) is 14.1. The van der Waals surface area contributed by atoms with Crippen molar-refractivity contribution in [1.29, 1.82) is 0 Å². The van der Waals surface area contributed by atoms with E-state index in [0.717, 1.165) is 12.5 Å². The van der Waals surface area contributed by atoms with Crippen molar-refractivity contribution in [3.05, 3.63) is 60.1 Å². The van der Waals surface area contributed by atoms with Crippen molar-refractivity contribution in [1.82, 2.24) is 16.0 Å². The largest absolute Gasteiger partial charge is 0.459 e. The lowest BCUT2D eigenvalue weighted by molar-refractivity contribution is 0.0927. The van der Waals surface area contributed by atoms with Crippen LogP contribution in [0.2, 0.25) is 0 Å². The molecule has 0 saturated carbocycles. The molecule has 0 aliphatic carbocycles. The molecule has 1 aromatic carbocycles. The third kappa shape index (κ3) is 5.46. The van der Waals surface area contributed by atoms with E-state index in [1.54, 1.807) is 12.1 Å². The number of nitrogens with zero attached hydrogens (tertiary/aromatic N) is 1. The van der Waals surface area contributed by atoms with Gasteiger partial charge in [-0.2, -0.15) is 0 Å². The van der Waals surface area contributed by atoms with Crippen LogP contribution in [0.5, 0.6) is 0 Å². The number of aliphatic imine (C=N–C) groups is 1. The number of rotatable bonds is 7. The number of furan rings is 1. The van der Waals surface area contributed by atoms with Gasteiger partial charge in [-0.25, -0.2) is 0 Å². The Morgan fingerprint density at radius 3 is 2.62 bits per heavy atom. The number of nitrogens with one attached hydrogen (secondary N) is 3. The standard InChI is InChI=1S/C18H24N4O2/c1-3-19-18(22-14(2)15-8-5-4-6-9-15)21-12-11-20-17(23)16-10-7-13-24-16/h4-10,13-14H,3,11-12H2,1-2H3,(H,20,23)(H2,19,21,22). The van der Waals surface area contributed by atoms with Gasteiger partial charge in [0, 0.05) is 13.1 Å². The van der Waals surface area contributed by atoms with E-state index >= 15 is 0 Å². The number of carbonyl (C=O) groups excluding carboxylic acids is 1. The molecular weight excluding hydrogens is 304 g/mol. The monoisotopic (exact) mass is 328 g/mol. The molecule has 3 N–H and O–H groups in total. The molecule has 0 fully saturated rings. The summed E-state index contributed by atoms with van der Waals surface area (Å²) in [7, 11) is 0. The van der Waals surface area contributed by atoms with Gasteiger partial charge < -0.3 is 20.4 Å². The summed E-state index contributed by atoms with van der Waals surface area (Å²) in [5.41, 5.74) is 1.19. The summed E-state index contributed by atoms with van der Waals surface area (Å²) >= 11 is 0. The molecule has 6 heteroatoms. The predicted molar refractivity (Wildman–Crippen MR) is 95.0 cm³/mol. The molecule has 1 unspecified atom stereocenters. The SMILES string of the molecule is CCNC(=NCCNC(=O)c1ccco1)NC(C)c1ccccc1. The molecule has 0 aliphatic rings. The molecular formula is C18H24N4O2. The minimum absolute atomic E-state index is 0.140. The third-order valence-electron chi connectivity index (χ3n) is 3.41. The molecule has 6 nitrogen and oxygen atoms in total. The third-order valence-corrected chi connectivity index (χ3v) is 3.41. The average Bonchev–Trinajstić information content (AvgIpc) is 3.14. The minimum Gasteiger partial charge on any atom is -0.459 e. The first-order valence-electron chi connectivity index (χ1n) is 8.12. The van der Waals surface area contributed by atoms with Gasteiger partial charge in [0.15, 0.2) is 11.7 Å². The number of guanidine groups is 1. The lowest BCUT2D eigenvalue weighted by atomic mass is 10.1. The van der Waals surface area contributed by atoms with Crippen LogP contribution in [0.4, 0.5) is 0 Å². The first-order chi connectivity index (χ1) is 11.7. The smallest absolute Gasteiger partial charge is 0.287 e. The topological polar surface area (TPSA) is 78.7 Å². The minimum atomic E-state index is -0.231. The summed E-state index contributed by atoms with van der Waals surface area (Å²) in [5.74, 6) is 0.800. The fraction of sp³-hybridized carbons (Fsp3) is 0.333. The van der Waals surface area contributed by atoms with Gasteiger partial charge in [0.05, 0.1) is 18.8 Å². The predicted octanol–water partition coefficient (Wildman–Crippen LogP) is 2.33. The van der Waals surface area contributed by atoms with Gasteiger partial charge in [0.25, 0.3) is 5.91 Å². The Labute approximate surface area is 142 Å². The Bertz CT molecular complexity index is 638. The van der Waals surface area contributed by atoms with Crippen molar-refractivity contribution in [2.45, 2.75) is 19.9 Å². The molecule has 0 aliphatic heterocycles. The van der Waals surface area contributed by atoms with Crippen LogP contribution in [0, 0.1) is 0 Å². The molecule has 128 valence electrons. The Hall–Kier alpha value is -2.76. The van der Waals surface area contributed by atoms with Crippen molar-refractivity contribution >= 4 is 11.9 Å². The molecule has 0 bridgehead atoms. The fourth-order valence-corrected chi connectivity index (χ4v) is 2.18. The van der Waals surface area contributed by atoms with E-state index in [4.69, 9.17) is 4.42 Å². The number of carbonyl (C=O) groups is 1. The van der Waals surface area contributed by atoms with E-state index in [1.165, 1.54) is 11.8 Å². The second-order valence-corrected chi connectivity index (χ2v) is 5.27. The summed E-state index contributed by atoms with van der Waals surface area (Å²) in [6.07, 6.45) is 1.48. The normalized spacial score (nSPS) is 12.5. The maximum absolute atomic E-state index is 11.8. The highest BCUT2D eigenvalue weighted by molar-refractivity contribution is 5.91. The summed E-state index contributed by atoms with van der Waals surface area (Å²) in [4.78, 5) is 16.2. The lowest BCUT2D eigenvalue weighted by Crippen LogP contribution is -2.39. The molecule has 1 heterocycles. The van der Waals surface area contributed by atoms with Crippen molar-refractivity contribution in [3.8, 4) is 0 Å². The van der Waals surface area contributed by atoms with Gasteiger partial charge in [-0.05, 0) is 31.5 Å². The van der Waals surface area contributed by atoms with E-state index in [9.17, 15) is 4.79 Å². The highest BCUT2D eigenvalue weighted by atomic mass is 16.3. The van der Waals surface area contributed by atoms with Crippen molar-refractivity contribution in [2.24, 2.45) is 4.99 Å². The average molecular weight is 328 g/mol. The molecule has 1 atom stereocenters. The van der Waals surface area contributed by atoms with Gasteiger partial charge in [0.2, 0.25) is 0 Å². The number of amides is 1. The summed E-state index contributed by atoms with van der Waals surface area (Å²) in [6.45, 7) is 5.79. The van der Waals surface area contributed by atoms with Crippen LogP contribution in [-0.2, 0) is 0 Å². The Morgan fingerprint density at radius 1 is 1.17 bits per heavy atom. The van der Waals surface area contributed by atoms with Gasteiger partial charge in [-0.15, -0.1) is 0 Å². The van der Waals surface area contributed by atoms with Crippen LogP contribution >= 0.6 is 0 Å². The van der Waals surface area contributed by atoms with E-state index in [2.05, 4.69) is 40.0 Å². The van der Waals surface area contributed by atoms with Crippen molar-refractivity contribution in [2.75, 3.05) is 19.6 Å². The van der Waals surface area contributed by atoms with Crippen LogP contribution < -0.4 is 16.0 Å². The van der Waals surface area contributed by atoms with Gasteiger partial charge in [-0.1, -0.05) is 30.3 Å². The zero-order chi connectivity index (χ0) is 17.2. The Balaban J connectivity index is 1.83. The number of benzene rings is 1. The number of hydrogen-bond acceptors (Lipinski definition) is 3. The van der Waals surface area contributed by atoms with Crippen LogP contribution in [0.25, 0.3) is 0 Å². The molecule has 0 spiro atoms. The quantitative estimate of drug-likeness (QED) is 0.414. The molecule has 0 saturated heterocycles. The maximum atomic E-state index is 11.8. The Kier molecular flexibility index (Phi) is 6.89. The second-order valence-electron chi connectivity index (χ2n) is 5.27. The van der Waals surface area contributed by atoms with E-state index in [1.807, 2.05) is 25.1 Å². The molecule has 1 amide bonds. The van der Waals surface area contributed by atoms with Crippen molar-refractivity contribution in [3.63, 3.8) is 0 Å². The van der Waals surface area contributed by atoms with Crippen molar-refractivity contribution < 1.29 is 9.21 Å². The summed E-state index contributed by atoms with van der Waals surface area (Å²) in [5, 5.41) is 9.34. The van der Waals surface area contributed by atoms with Gasteiger partial charge >= 0.3 is 0 Å². The molecule has 2 rings (SSSR count). The van der Waals surface area contributed by atoms with Gasteiger partial charge in [-0.3, -0.25) is 9.79 Å². The van der Waals surface area contributed by atoms with E-state index in [0.29, 0.717) is 18.8 Å². The maximum Gasteiger partial charge on any atom is 0.287 e. The number of hydrogen-bond donors (Lipinski definition) is 3. The lowest BCUT2D eigenvalue weighted by Gasteiger charge is -2.18. The van der Waals surface area contributed by atoms with Crippen LogP contribution in [0.15, 0.2) is 58.1 Å². The van der Waals surface area contributed by atoms with Crippen LogP contribution in [-0.4, -0.2) is 31.5 Å². The van der Waals surface area contributed by atoms with E-state index in [-0.39, 0.29) is 11.9 Å². The fourth-order valence-electron chi connectivity index (χ4n) is 2.18. The zero-order valence-electron chi connectivity index (χ0n) is 14.1. The molecule has 24 heavy (non-hydrogen) atoms. The van der Waals surface area contributed by atoms with Crippen LogP contribution in [0.1, 0.15) is 36.0 Å². The first-order valence-corrected chi connectivity index (χ1v) is 8.12. The van der Waals surface area contributed by atoms with E-state index < -0.39 is 0 Å². The van der Waals surface area contributed by atoms with Crippen LogP contribution in [0.3, 0.4) is 0 Å². The van der Waals surface area contributed by atoms with Gasteiger partial charge in [0.1, 0.15) is 0 Å². The summed E-state index contributed by atoms with van der Waals surface area (Å²) < 4.78 is 5.04. The molecule has 2 aromatic rings. The second kappa shape index (κ2) is 9.39. The molecule has 1 aromatic heterocycles. The highest BCUT2D eigenvalue weighted by Gasteiger charge is 2.08. The highest BCUT2D eigenvalue weighted by Crippen LogP contribution is 2.10.